The summed E-state index contributed by atoms with van der Waals surface area (Å²) >= 11 is 0. The Morgan fingerprint density at radius 1 is 1.33 bits per heavy atom. The summed E-state index contributed by atoms with van der Waals surface area (Å²) in [6, 6.07) is 4.16. The van der Waals surface area contributed by atoms with Crippen molar-refractivity contribution >= 4 is 11.6 Å². The van der Waals surface area contributed by atoms with E-state index < -0.39 is 0 Å². The molecule has 0 bridgehead atoms. The van der Waals surface area contributed by atoms with Crippen LogP contribution in [0.5, 0.6) is 0 Å². The van der Waals surface area contributed by atoms with E-state index in [0.29, 0.717) is 18.6 Å². The third kappa shape index (κ3) is 2.35. The summed E-state index contributed by atoms with van der Waals surface area (Å²) in [4.78, 5) is 17.7. The zero-order valence-corrected chi connectivity index (χ0v) is 9.07. The van der Waals surface area contributed by atoms with Crippen molar-refractivity contribution in [3.8, 4) is 0 Å². The summed E-state index contributed by atoms with van der Waals surface area (Å²) in [7, 11) is 0. The van der Waals surface area contributed by atoms with Gasteiger partial charge in [-0.25, -0.2) is 4.98 Å². The van der Waals surface area contributed by atoms with E-state index in [0.717, 1.165) is 25.3 Å². The van der Waals surface area contributed by atoms with Gasteiger partial charge in [-0.3, -0.25) is 4.79 Å². The SMILES string of the molecule is CCc1ccc(N2CCC(=O)CC2)nc1. The number of carbonyl (C=O) groups is 1. The van der Waals surface area contributed by atoms with Crippen molar-refractivity contribution in [2.24, 2.45) is 0 Å². The van der Waals surface area contributed by atoms with Crippen molar-refractivity contribution in [2.45, 2.75) is 26.2 Å². The van der Waals surface area contributed by atoms with Gasteiger partial charge in [0, 0.05) is 32.1 Å². The molecule has 0 unspecified atom stereocenters. The van der Waals surface area contributed by atoms with E-state index in [2.05, 4.69) is 28.9 Å². The number of hydrogen-bond acceptors (Lipinski definition) is 3. The Hall–Kier alpha value is -1.38. The molecule has 2 rings (SSSR count). The molecule has 1 fully saturated rings. The number of anilines is 1. The Balaban J connectivity index is 2.06. The maximum atomic E-state index is 11.1. The van der Waals surface area contributed by atoms with Crippen LogP contribution in [0.25, 0.3) is 0 Å². The normalized spacial score (nSPS) is 16.9. The van der Waals surface area contributed by atoms with Crippen LogP contribution < -0.4 is 4.90 Å². The molecule has 80 valence electrons. The summed E-state index contributed by atoms with van der Waals surface area (Å²) in [6.07, 6.45) is 4.27. The average molecular weight is 204 g/mol. The standard InChI is InChI=1S/C12H16N2O/c1-2-10-3-4-12(13-9-10)14-7-5-11(15)6-8-14/h3-4,9H,2,5-8H2,1H3. The predicted molar refractivity (Wildman–Crippen MR) is 60.1 cm³/mol. The first-order valence-corrected chi connectivity index (χ1v) is 5.51. The Labute approximate surface area is 90.1 Å². The summed E-state index contributed by atoms with van der Waals surface area (Å²) in [5.74, 6) is 1.37. The highest BCUT2D eigenvalue weighted by atomic mass is 16.1. The van der Waals surface area contributed by atoms with E-state index in [1.807, 2.05) is 6.20 Å². The van der Waals surface area contributed by atoms with Crippen molar-refractivity contribution < 1.29 is 4.79 Å². The van der Waals surface area contributed by atoms with Gasteiger partial charge in [-0.1, -0.05) is 13.0 Å². The molecule has 2 heterocycles. The molecule has 1 aliphatic heterocycles. The van der Waals surface area contributed by atoms with Crippen molar-refractivity contribution in [1.29, 1.82) is 0 Å². The van der Waals surface area contributed by atoms with E-state index in [-0.39, 0.29) is 0 Å². The second kappa shape index (κ2) is 4.43. The smallest absolute Gasteiger partial charge is 0.136 e. The molecule has 0 aromatic carbocycles. The molecule has 0 saturated carbocycles. The number of Topliss-reactive ketones (excluding diaryl/α,β-unsaturated/α-hetero) is 1. The van der Waals surface area contributed by atoms with E-state index in [1.165, 1.54) is 5.56 Å². The summed E-state index contributed by atoms with van der Waals surface area (Å²) < 4.78 is 0. The fourth-order valence-corrected chi connectivity index (χ4v) is 1.80. The maximum absolute atomic E-state index is 11.1. The van der Waals surface area contributed by atoms with Gasteiger partial charge >= 0.3 is 0 Å². The number of aromatic nitrogens is 1. The molecule has 3 nitrogen and oxygen atoms in total. The molecular weight excluding hydrogens is 188 g/mol. The lowest BCUT2D eigenvalue weighted by molar-refractivity contribution is -0.119. The molecule has 0 amide bonds. The fraction of sp³-hybridized carbons (Fsp3) is 0.500. The molecule has 15 heavy (non-hydrogen) atoms. The van der Waals surface area contributed by atoms with Gasteiger partial charge in [-0.2, -0.15) is 0 Å². The van der Waals surface area contributed by atoms with Crippen LogP contribution in [0.1, 0.15) is 25.3 Å². The number of hydrogen-bond donors (Lipinski definition) is 0. The molecule has 0 spiro atoms. The molecule has 0 radical (unpaired) electrons. The molecular formula is C12H16N2O. The third-order valence-corrected chi connectivity index (χ3v) is 2.86. The third-order valence-electron chi connectivity index (χ3n) is 2.86. The summed E-state index contributed by atoms with van der Waals surface area (Å²) in [6.45, 7) is 3.75. The maximum Gasteiger partial charge on any atom is 0.136 e. The molecule has 1 aliphatic rings. The molecule has 0 atom stereocenters. The first-order chi connectivity index (χ1) is 7.29. The van der Waals surface area contributed by atoms with Gasteiger partial charge in [0.05, 0.1) is 0 Å². The van der Waals surface area contributed by atoms with Crippen LogP contribution in [0.3, 0.4) is 0 Å². The van der Waals surface area contributed by atoms with E-state index in [1.54, 1.807) is 0 Å². The van der Waals surface area contributed by atoms with Gasteiger partial charge in [-0.15, -0.1) is 0 Å². The van der Waals surface area contributed by atoms with Crippen molar-refractivity contribution in [3.05, 3.63) is 23.9 Å². The topological polar surface area (TPSA) is 33.2 Å². The van der Waals surface area contributed by atoms with Crippen LogP contribution in [-0.2, 0) is 11.2 Å². The number of nitrogens with zero attached hydrogens (tertiary/aromatic N) is 2. The van der Waals surface area contributed by atoms with Crippen LogP contribution in [0, 0.1) is 0 Å². The highest BCUT2D eigenvalue weighted by Crippen LogP contribution is 2.16. The quantitative estimate of drug-likeness (QED) is 0.736. The first kappa shape index (κ1) is 10.1. The van der Waals surface area contributed by atoms with Gasteiger partial charge < -0.3 is 4.90 Å². The molecule has 1 aromatic rings. The van der Waals surface area contributed by atoms with Crippen molar-refractivity contribution in [2.75, 3.05) is 18.0 Å². The highest BCUT2D eigenvalue weighted by Gasteiger charge is 2.16. The van der Waals surface area contributed by atoms with Crippen LogP contribution in [0.2, 0.25) is 0 Å². The Morgan fingerprint density at radius 2 is 2.07 bits per heavy atom. The highest BCUT2D eigenvalue weighted by molar-refractivity contribution is 5.80. The van der Waals surface area contributed by atoms with Crippen molar-refractivity contribution in [3.63, 3.8) is 0 Å². The van der Waals surface area contributed by atoms with Crippen LogP contribution in [-0.4, -0.2) is 23.9 Å². The average Bonchev–Trinajstić information content (AvgIpc) is 2.30. The Bertz CT molecular complexity index is 335. The minimum atomic E-state index is 0.372. The number of piperidine rings is 1. The van der Waals surface area contributed by atoms with Gasteiger partial charge in [0.25, 0.3) is 0 Å². The number of carbonyl (C=O) groups excluding carboxylic acids is 1. The number of pyridine rings is 1. The zero-order valence-electron chi connectivity index (χ0n) is 9.07. The Morgan fingerprint density at radius 3 is 2.60 bits per heavy atom. The first-order valence-electron chi connectivity index (χ1n) is 5.51. The number of aryl methyl sites for hydroxylation is 1. The molecule has 0 N–H and O–H groups in total. The monoisotopic (exact) mass is 204 g/mol. The number of rotatable bonds is 2. The van der Waals surface area contributed by atoms with Crippen LogP contribution in [0.15, 0.2) is 18.3 Å². The van der Waals surface area contributed by atoms with E-state index in [4.69, 9.17) is 0 Å². The van der Waals surface area contributed by atoms with Gasteiger partial charge in [0.1, 0.15) is 11.6 Å². The lowest BCUT2D eigenvalue weighted by Crippen LogP contribution is -2.34. The minimum Gasteiger partial charge on any atom is -0.356 e. The molecule has 0 aliphatic carbocycles. The molecule has 3 heteroatoms. The minimum absolute atomic E-state index is 0.372. The fourth-order valence-electron chi connectivity index (χ4n) is 1.80. The van der Waals surface area contributed by atoms with Gasteiger partial charge in [-0.05, 0) is 18.1 Å². The summed E-state index contributed by atoms with van der Waals surface area (Å²) in [5.41, 5.74) is 1.26. The predicted octanol–water partition coefficient (Wildman–Crippen LogP) is 1.81. The largest absolute Gasteiger partial charge is 0.356 e. The summed E-state index contributed by atoms with van der Waals surface area (Å²) in [5, 5.41) is 0. The lowest BCUT2D eigenvalue weighted by Gasteiger charge is -2.27. The van der Waals surface area contributed by atoms with E-state index in [9.17, 15) is 4.79 Å². The Kier molecular flexibility index (Phi) is 2.99. The van der Waals surface area contributed by atoms with Crippen LogP contribution in [0.4, 0.5) is 5.82 Å². The second-order valence-electron chi connectivity index (χ2n) is 3.90. The molecule has 1 saturated heterocycles. The van der Waals surface area contributed by atoms with Gasteiger partial charge in [0.2, 0.25) is 0 Å². The van der Waals surface area contributed by atoms with Crippen LogP contribution >= 0.6 is 0 Å². The lowest BCUT2D eigenvalue weighted by atomic mass is 10.1. The zero-order chi connectivity index (χ0) is 10.7. The van der Waals surface area contributed by atoms with E-state index >= 15 is 0 Å². The number of ketones is 1. The second-order valence-corrected chi connectivity index (χ2v) is 3.90. The van der Waals surface area contributed by atoms with Crippen molar-refractivity contribution in [1.82, 2.24) is 4.98 Å². The van der Waals surface area contributed by atoms with Gasteiger partial charge in [0.15, 0.2) is 0 Å². The molecule has 1 aromatic heterocycles.